The molecule has 0 saturated heterocycles. The normalized spacial score (nSPS) is 15.3. The van der Waals surface area contributed by atoms with E-state index in [1.165, 1.54) is 18.5 Å². The van der Waals surface area contributed by atoms with Crippen molar-refractivity contribution in [3.05, 3.63) is 89.5 Å². The van der Waals surface area contributed by atoms with Crippen LogP contribution in [0.15, 0.2) is 78.0 Å². The first-order valence-electron chi connectivity index (χ1n) is 8.46. The van der Waals surface area contributed by atoms with Crippen LogP contribution in [0.4, 0.5) is 13.2 Å². The van der Waals surface area contributed by atoms with E-state index in [1.807, 2.05) is 12.1 Å². The van der Waals surface area contributed by atoms with E-state index in [4.69, 9.17) is 4.84 Å². The number of benzene rings is 2. The van der Waals surface area contributed by atoms with E-state index >= 15 is 0 Å². The summed E-state index contributed by atoms with van der Waals surface area (Å²) in [6, 6.07) is 11.7. The highest BCUT2D eigenvalue weighted by molar-refractivity contribution is 6.31. The van der Waals surface area contributed by atoms with E-state index in [9.17, 15) is 18.0 Å². The fourth-order valence-electron chi connectivity index (χ4n) is 2.82. The standard InChI is InChI=1S/C21H12F3N3O2/c22-21(23,24)17-7-5-15(6-8-17)19-18(20(28)29-27-19)9-13-1-3-14(4-2-13)16-10-25-12-26-11-16/h1-12H/b18-9-. The SMILES string of the molecule is O=C1ON=C(c2ccc(C(F)(F)F)cc2)/C1=C/c1ccc(-c2cncnc2)cc1. The molecular formula is C21H12F3N3O2. The Morgan fingerprint density at radius 2 is 1.45 bits per heavy atom. The lowest BCUT2D eigenvalue weighted by Gasteiger charge is -2.07. The van der Waals surface area contributed by atoms with E-state index in [1.54, 1.807) is 30.6 Å². The molecule has 1 aromatic heterocycles. The number of hydrogen-bond donors (Lipinski definition) is 0. The van der Waals surface area contributed by atoms with Crippen molar-refractivity contribution in [3.8, 4) is 11.1 Å². The fraction of sp³-hybridized carbons (Fsp3) is 0.0476. The Labute approximate surface area is 163 Å². The molecule has 1 aliphatic rings. The van der Waals surface area contributed by atoms with Crippen molar-refractivity contribution in [2.24, 2.45) is 5.16 Å². The number of aromatic nitrogens is 2. The van der Waals surface area contributed by atoms with Crippen molar-refractivity contribution in [1.82, 2.24) is 9.97 Å². The Balaban J connectivity index is 1.62. The lowest BCUT2D eigenvalue weighted by Crippen LogP contribution is -2.09. The van der Waals surface area contributed by atoms with Gasteiger partial charge in [-0.15, -0.1) is 0 Å². The van der Waals surface area contributed by atoms with Gasteiger partial charge in [-0.1, -0.05) is 41.6 Å². The zero-order valence-corrected chi connectivity index (χ0v) is 14.7. The molecule has 0 radical (unpaired) electrons. The summed E-state index contributed by atoms with van der Waals surface area (Å²) in [7, 11) is 0. The van der Waals surface area contributed by atoms with E-state index in [0.29, 0.717) is 11.1 Å². The maximum atomic E-state index is 12.8. The maximum Gasteiger partial charge on any atom is 0.416 e. The molecule has 0 fully saturated rings. The van der Waals surface area contributed by atoms with Gasteiger partial charge in [0.25, 0.3) is 0 Å². The number of oxime groups is 1. The number of alkyl halides is 3. The molecule has 0 saturated carbocycles. The largest absolute Gasteiger partial charge is 0.416 e. The van der Waals surface area contributed by atoms with Gasteiger partial charge in [-0.2, -0.15) is 13.2 Å². The topological polar surface area (TPSA) is 64.4 Å². The average Bonchev–Trinajstić information content (AvgIpc) is 3.09. The molecular weight excluding hydrogens is 383 g/mol. The summed E-state index contributed by atoms with van der Waals surface area (Å²) < 4.78 is 38.3. The number of carbonyl (C=O) groups excluding carboxylic acids is 1. The summed E-state index contributed by atoms with van der Waals surface area (Å²) >= 11 is 0. The zero-order chi connectivity index (χ0) is 20.4. The maximum absolute atomic E-state index is 12.8. The van der Waals surface area contributed by atoms with Gasteiger partial charge in [0.15, 0.2) is 0 Å². The zero-order valence-electron chi connectivity index (χ0n) is 14.7. The van der Waals surface area contributed by atoms with Crippen LogP contribution in [0, 0.1) is 0 Å². The minimum Gasteiger partial charge on any atom is -0.312 e. The van der Waals surface area contributed by atoms with Gasteiger partial charge >= 0.3 is 12.1 Å². The van der Waals surface area contributed by atoms with Crippen LogP contribution in [-0.2, 0) is 15.8 Å². The fourth-order valence-corrected chi connectivity index (χ4v) is 2.82. The van der Waals surface area contributed by atoms with Crippen LogP contribution in [0.1, 0.15) is 16.7 Å². The number of halogens is 3. The molecule has 144 valence electrons. The Bertz CT molecular complexity index is 1100. The van der Waals surface area contributed by atoms with Gasteiger partial charge in [0.05, 0.1) is 11.1 Å². The second-order valence-electron chi connectivity index (χ2n) is 6.20. The molecule has 4 rings (SSSR count). The van der Waals surface area contributed by atoms with Crippen LogP contribution in [-0.4, -0.2) is 21.6 Å². The van der Waals surface area contributed by atoms with Gasteiger partial charge in [-0.25, -0.2) is 14.8 Å². The monoisotopic (exact) mass is 395 g/mol. The van der Waals surface area contributed by atoms with Gasteiger partial charge in [0.1, 0.15) is 12.0 Å². The second-order valence-corrected chi connectivity index (χ2v) is 6.20. The highest BCUT2D eigenvalue weighted by Gasteiger charge is 2.31. The Hall–Kier alpha value is -3.81. The van der Waals surface area contributed by atoms with Gasteiger partial charge in [-0.3, -0.25) is 0 Å². The van der Waals surface area contributed by atoms with Crippen LogP contribution < -0.4 is 0 Å². The number of rotatable bonds is 3. The van der Waals surface area contributed by atoms with Crippen molar-refractivity contribution in [2.75, 3.05) is 0 Å². The molecule has 2 aromatic carbocycles. The van der Waals surface area contributed by atoms with Crippen molar-refractivity contribution in [1.29, 1.82) is 0 Å². The average molecular weight is 395 g/mol. The highest BCUT2D eigenvalue weighted by Crippen LogP contribution is 2.30. The molecule has 0 bridgehead atoms. The van der Waals surface area contributed by atoms with Gasteiger partial charge in [0, 0.05) is 23.5 Å². The van der Waals surface area contributed by atoms with E-state index in [-0.39, 0.29) is 11.3 Å². The third kappa shape index (κ3) is 3.91. The van der Waals surface area contributed by atoms with Crippen LogP contribution in [0.2, 0.25) is 0 Å². The molecule has 3 aromatic rings. The predicted octanol–water partition coefficient (Wildman–Crippen LogP) is 4.51. The summed E-state index contributed by atoms with van der Waals surface area (Å²) in [6.07, 6.45) is 1.95. The van der Waals surface area contributed by atoms with Crippen LogP contribution >= 0.6 is 0 Å². The predicted molar refractivity (Wildman–Crippen MR) is 99.5 cm³/mol. The minimum absolute atomic E-state index is 0.167. The lowest BCUT2D eigenvalue weighted by molar-refractivity contribution is -0.138. The molecule has 0 atom stereocenters. The van der Waals surface area contributed by atoms with Crippen LogP contribution in [0.3, 0.4) is 0 Å². The molecule has 0 amide bonds. The van der Waals surface area contributed by atoms with Gasteiger partial charge in [0.2, 0.25) is 0 Å². The number of nitrogens with zero attached hydrogens (tertiary/aromatic N) is 3. The first-order chi connectivity index (χ1) is 13.9. The smallest absolute Gasteiger partial charge is 0.312 e. The molecule has 8 heteroatoms. The summed E-state index contributed by atoms with van der Waals surface area (Å²) in [5.74, 6) is -0.666. The minimum atomic E-state index is -4.44. The molecule has 1 aliphatic heterocycles. The molecule has 5 nitrogen and oxygen atoms in total. The molecule has 0 spiro atoms. The third-order valence-electron chi connectivity index (χ3n) is 4.30. The second kappa shape index (κ2) is 7.31. The Morgan fingerprint density at radius 1 is 0.828 bits per heavy atom. The summed E-state index contributed by atoms with van der Waals surface area (Å²) in [4.78, 5) is 24.8. The summed E-state index contributed by atoms with van der Waals surface area (Å²) in [6.45, 7) is 0. The highest BCUT2D eigenvalue weighted by atomic mass is 19.4. The van der Waals surface area contributed by atoms with Crippen molar-refractivity contribution < 1.29 is 22.8 Å². The van der Waals surface area contributed by atoms with Crippen molar-refractivity contribution >= 4 is 17.8 Å². The van der Waals surface area contributed by atoms with Crippen molar-refractivity contribution in [3.63, 3.8) is 0 Å². The lowest BCUT2D eigenvalue weighted by atomic mass is 9.99. The molecule has 2 heterocycles. The van der Waals surface area contributed by atoms with Gasteiger partial charge < -0.3 is 4.84 Å². The van der Waals surface area contributed by atoms with Gasteiger partial charge in [-0.05, 0) is 29.3 Å². The van der Waals surface area contributed by atoms with Crippen molar-refractivity contribution in [2.45, 2.75) is 6.18 Å². The Morgan fingerprint density at radius 3 is 2.07 bits per heavy atom. The third-order valence-corrected chi connectivity index (χ3v) is 4.30. The van der Waals surface area contributed by atoms with Crippen LogP contribution in [0.5, 0.6) is 0 Å². The first-order valence-corrected chi connectivity index (χ1v) is 8.46. The molecule has 29 heavy (non-hydrogen) atoms. The number of carbonyl (C=O) groups is 1. The number of hydrogen-bond acceptors (Lipinski definition) is 5. The van der Waals surface area contributed by atoms with E-state index < -0.39 is 17.7 Å². The quantitative estimate of drug-likeness (QED) is 0.484. The molecule has 0 N–H and O–H groups in total. The van der Waals surface area contributed by atoms with E-state index in [0.717, 1.165) is 23.3 Å². The summed E-state index contributed by atoms with van der Waals surface area (Å²) in [5, 5.41) is 3.72. The first kappa shape index (κ1) is 18.5. The van der Waals surface area contributed by atoms with E-state index in [2.05, 4.69) is 15.1 Å². The van der Waals surface area contributed by atoms with Crippen LogP contribution in [0.25, 0.3) is 17.2 Å². The summed E-state index contributed by atoms with van der Waals surface area (Å²) in [5.41, 5.74) is 2.38. The Kier molecular flexibility index (Phi) is 4.67. The molecule has 0 aliphatic carbocycles. The molecule has 0 unspecified atom stereocenters.